The molecule has 0 spiro atoms. The molecule has 2 heterocycles. The molecule has 0 saturated carbocycles. The van der Waals surface area contributed by atoms with Crippen LogP contribution in [0.4, 0.5) is 0 Å². The van der Waals surface area contributed by atoms with E-state index >= 15 is 0 Å². The summed E-state index contributed by atoms with van der Waals surface area (Å²) in [5.41, 5.74) is 0.356. The molecule has 0 aliphatic heterocycles. The molecule has 0 aliphatic carbocycles. The predicted molar refractivity (Wildman–Crippen MR) is 51.1 cm³/mol. The molecule has 0 unspecified atom stereocenters. The quantitative estimate of drug-likeness (QED) is 0.712. The Morgan fingerprint density at radius 1 is 1.43 bits per heavy atom. The molecular weight excluding hydrogens is 200 g/mol. The molecule has 2 aromatic heterocycles. The Morgan fingerprint density at radius 2 is 2.29 bits per heavy atom. The van der Waals surface area contributed by atoms with Gasteiger partial charge in [0.15, 0.2) is 5.82 Å². The molecule has 0 N–H and O–H groups in total. The third-order valence-electron chi connectivity index (χ3n) is 1.63. The Hall–Kier alpha value is -1.86. The summed E-state index contributed by atoms with van der Waals surface area (Å²) < 4.78 is 1.52. The molecule has 14 heavy (non-hydrogen) atoms. The van der Waals surface area contributed by atoms with E-state index in [1.807, 2.05) is 6.07 Å². The van der Waals surface area contributed by atoms with Gasteiger partial charge in [0, 0.05) is 0 Å². The second-order valence-electron chi connectivity index (χ2n) is 2.60. The van der Waals surface area contributed by atoms with Gasteiger partial charge in [-0.1, -0.05) is 17.7 Å². The molecule has 0 saturated heterocycles. The number of nitriles is 1. The normalized spacial score (nSPS) is 9.71. The van der Waals surface area contributed by atoms with E-state index in [0.717, 1.165) is 0 Å². The van der Waals surface area contributed by atoms with Crippen molar-refractivity contribution in [3.05, 3.63) is 41.3 Å². The molecule has 0 atom stereocenters. The van der Waals surface area contributed by atoms with Crippen LogP contribution in [0, 0.1) is 11.3 Å². The molecule has 5 heteroatoms. The second kappa shape index (κ2) is 3.48. The Bertz CT molecular complexity index is 498. The summed E-state index contributed by atoms with van der Waals surface area (Å²) in [7, 11) is 0. The fourth-order valence-corrected chi connectivity index (χ4v) is 1.18. The zero-order valence-corrected chi connectivity index (χ0v) is 7.81. The predicted octanol–water partition coefficient (Wildman–Crippen LogP) is 1.79. The highest BCUT2D eigenvalue weighted by molar-refractivity contribution is 6.30. The zero-order valence-electron chi connectivity index (χ0n) is 7.05. The molecule has 0 amide bonds. The van der Waals surface area contributed by atoms with Gasteiger partial charge >= 0.3 is 0 Å². The lowest BCUT2D eigenvalue weighted by molar-refractivity contribution is 0.844. The molecule has 0 bridgehead atoms. The zero-order chi connectivity index (χ0) is 9.97. The average Bonchev–Trinajstić information content (AvgIpc) is 2.65. The first-order chi connectivity index (χ1) is 6.79. The van der Waals surface area contributed by atoms with Crippen molar-refractivity contribution in [3.8, 4) is 11.9 Å². The van der Waals surface area contributed by atoms with Crippen LogP contribution in [0.3, 0.4) is 0 Å². The fraction of sp³-hybridized carbons (Fsp3) is 0. The molecule has 0 aromatic carbocycles. The van der Waals surface area contributed by atoms with Crippen LogP contribution in [-0.4, -0.2) is 14.8 Å². The summed E-state index contributed by atoms with van der Waals surface area (Å²) in [5, 5.41) is 13.2. The maximum Gasteiger partial charge on any atom is 0.154 e. The molecule has 0 fully saturated rings. The fourth-order valence-electron chi connectivity index (χ4n) is 1.04. The van der Waals surface area contributed by atoms with E-state index < -0.39 is 0 Å². The molecule has 0 aliphatic rings. The molecule has 68 valence electrons. The Kier molecular flexibility index (Phi) is 2.17. The first-order valence-corrected chi connectivity index (χ1v) is 4.25. The summed E-state index contributed by atoms with van der Waals surface area (Å²) in [6.45, 7) is 0. The highest BCUT2D eigenvalue weighted by Crippen LogP contribution is 2.09. The summed E-state index contributed by atoms with van der Waals surface area (Å²) in [5.74, 6) is 0.580. The summed E-state index contributed by atoms with van der Waals surface area (Å²) in [6.07, 6.45) is 3.15. The molecule has 2 aromatic rings. The second-order valence-corrected chi connectivity index (χ2v) is 3.03. The molecule has 2 rings (SSSR count). The number of pyridine rings is 1. The largest absolute Gasteiger partial charge is 0.221 e. The van der Waals surface area contributed by atoms with Crippen LogP contribution in [0.5, 0.6) is 0 Å². The van der Waals surface area contributed by atoms with Gasteiger partial charge in [-0.05, 0) is 12.1 Å². The standard InChI is InChI=1S/C9H5ClN4/c10-7-5-12-14(6-7)9-3-1-2-8(4-11)13-9/h1-3,5-6H. The minimum Gasteiger partial charge on any atom is -0.221 e. The number of rotatable bonds is 1. The summed E-state index contributed by atoms with van der Waals surface area (Å²) in [4.78, 5) is 4.06. The van der Waals surface area contributed by atoms with Crippen molar-refractivity contribution >= 4 is 11.6 Å². The number of aromatic nitrogens is 3. The Balaban J connectivity index is 2.47. The van der Waals surface area contributed by atoms with E-state index in [-0.39, 0.29) is 0 Å². The van der Waals surface area contributed by atoms with Crippen LogP contribution in [-0.2, 0) is 0 Å². The first kappa shape index (κ1) is 8.73. The SMILES string of the molecule is N#Cc1cccc(-n2cc(Cl)cn2)n1. The van der Waals surface area contributed by atoms with E-state index in [1.165, 1.54) is 10.9 Å². The third-order valence-corrected chi connectivity index (χ3v) is 1.83. The van der Waals surface area contributed by atoms with Gasteiger partial charge in [-0.2, -0.15) is 10.4 Å². The average molecular weight is 205 g/mol. The van der Waals surface area contributed by atoms with E-state index in [4.69, 9.17) is 16.9 Å². The summed E-state index contributed by atoms with van der Waals surface area (Å²) >= 11 is 5.71. The van der Waals surface area contributed by atoms with Gasteiger partial charge in [-0.15, -0.1) is 0 Å². The van der Waals surface area contributed by atoms with E-state index in [0.29, 0.717) is 16.5 Å². The van der Waals surface area contributed by atoms with Gasteiger partial charge in [-0.25, -0.2) is 9.67 Å². The first-order valence-electron chi connectivity index (χ1n) is 3.87. The molecule has 4 nitrogen and oxygen atoms in total. The monoisotopic (exact) mass is 204 g/mol. The van der Waals surface area contributed by atoms with Crippen molar-refractivity contribution in [2.24, 2.45) is 0 Å². The van der Waals surface area contributed by atoms with Crippen LogP contribution in [0.2, 0.25) is 5.02 Å². The number of hydrogen-bond acceptors (Lipinski definition) is 3. The maximum absolute atomic E-state index is 8.65. The van der Waals surface area contributed by atoms with Crippen molar-refractivity contribution < 1.29 is 0 Å². The molecular formula is C9H5ClN4. The molecule has 0 radical (unpaired) electrons. The van der Waals surface area contributed by atoms with Crippen molar-refractivity contribution in [1.82, 2.24) is 14.8 Å². The van der Waals surface area contributed by atoms with E-state index in [9.17, 15) is 0 Å². The van der Waals surface area contributed by atoms with Gasteiger partial charge in [0.1, 0.15) is 11.8 Å². The van der Waals surface area contributed by atoms with Crippen molar-refractivity contribution in [2.75, 3.05) is 0 Å². The van der Waals surface area contributed by atoms with Crippen molar-refractivity contribution in [2.45, 2.75) is 0 Å². The van der Waals surface area contributed by atoms with Crippen LogP contribution < -0.4 is 0 Å². The lowest BCUT2D eigenvalue weighted by atomic mass is 10.4. The smallest absolute Gasteiger partial charge is 0.154 e. The van der Waals surface area contributed by atoms with Gasteiger partial charge in [0.2, 0.25) is 0 Å². The van der Waals surface area contributed by atoms with Crippen LogP contribution in [0.1, 0.15) is 5.69 Å². The van der Waals surface area contributed by atoms with Gasteiger partial charge < -0.3 is 0 Å². The summed E-state index contributed by atoms with van der Waals surface area (Å²) in [6, 6.07) is 7.09. The number of nitrogens with zero attached hydrogens (tertiary/aromatic N) is 4. The van der Waals surface area contributed by atoms with Gasteiger partial charge in [-0.3, -0.25) is 0 Å². The Morgan fingerprint density at radius 3 is 2.93 bits per heavy atom. The maximum atomic E-state index is 8.65. The number of hydrogen-bond donors (Lipinski definition) is 0. The van der Waals surface area contributed by atoms with Gasteiger partial charge in [0.25, 0.3) is 0 Å². The minimum absolute atomic E-state index is 0.356. The lowest BCUT2D eigenvalue weighted by Crippen LogP contribution is -1.98. The lowest BCUT2D eigenvalue weighted by Gasteiger charge is -1.98. The van der Waals surface area contributed by atoms with Crippen LogP contribution >= 0.6 is 11.6 Å². The topological polar surface area (TPSA) is 54.5 Å². The van der Waals surface area contributed by atoms with Crippen molar-refractivity contribution in [1.29, 1.82) is 5.26 Å². The number of halogens is 1. The third kappa shape index (κ3) is 1.58. The van der Waals surface area contributed by atoms with E-state index in [1.54, 1.807) is 24.4 Å². The Labute approximate surface area is 85.4 Å². The highest BCUT2D eigenvalue weighted by Gasteiger charge is 2.00. The highest BCUT2D eigenvalue weighted by atomic mass is 35.5. The van der Waals surface area contributed by atoms with Crippen LogP contribution in [0.15, 0.2) is 30.6 Å². The van der Waals surface area contributed by atoms with Crippen LogP contribution in [0.25, 0.3) is 5.82 Å². The van der Waals surface area contributed by atoms with Gasteiger partial charge in [0.05, 0.1) is 17.4 Å². The minimum atomic E-state index is 0.356. The van der Waals surface area contributed by atoms with Crippen molar-refractivity contribution in [3.63, 3.8) is 0 Å². The van der Waals surface area contributed by atoms with E-state index in [2.05, 4.69) is 10.1 Å².